The van der Waals surface area contributed by atoms with E-state index in [1.165, 1.54) is 5.56 Å². The topological polar surface area (TPSA) is 116 Å². The van der Waals surface area contributed by atoms with Crippen molar-refractivity contribution >= 4 is 11.2 Å². The van der Waals surface area contributed by atoms with E-state index in [1.807, 2.05) is 29.9 Å². The van der Waals surface area contributed by atoms with Gasteiger partial charge in [0, 0.05) is 17.7 Å². The highest BCUT2D eigenvalue weighted by Crippen LogP contribution is 2.32. The van der Waals surface area contributed by atoms with Gasteiger partial charge in [0.25, 0.3) is 0 Å². The lowest BCUT2D eigenvalue weighted by atomic mass is 9.97. The maximum Gasteiger partial charge on any atom is 0.180 e. The molecule has 39 heavy (non-hydrogen) atoms. The molecule has 4 aromatic heterocycles. The van der Waals surface area contributed by atoms with Crippen molar-refractivity contribution in [3.05, 3.63) is 83.1 Å². The van der Waals surface area contributed by atoms with Crippen LogP contribution in [0.5, 0.6) is 0 Å². The van der Waals surface area contributed by atoms with Crippen LogP contribution in [0, 0.1) is 13.8 Å². The van der Waals surface area contributed by atoms with Crippen molar-refractivity contribution in [1.82, 2.24) is 50.2 Å². The first-order valence-corrected chi connectivity index (χ1v) is 13.1. The summed E-state index contributed by atoms with van der Waals surface area (Å²) in [7, 11) is 0. The van der Waals surface area contributed by atoms with Gasteiger partial charge in [0.2, 0.25) is 0 Å². The van der Waals surface area contributed by atoms with Gasteiger partial charge in [0.05, 0.1) is 24.1 Å². The molecule has 0 unspecified atom stereocenters. The van der Waals surface area contributed by atoms with Gasteiger partial charge in [-0.2, -0.15) is 0 Å². The fraction of sp³-hybridized carbons (Fsp3) is 0.276. The van der Waals surface area contributed by atoms with Crippen LogP contribution >= 0.6 is 0 Å². The van der Waals surface area contributed by atoms with Crippen LogP contribution in [0.2, 0.25) is 0 Å². The fourth-order valence-electron chi connectivity index (χ4n) is 4.92. The number of hydrogen-bond donors (Lipinski definition) is 1. The third-order valence-electron chi connectivity index (χ3n) is 6.99. The first-order valence-electron chi connectivity index (χ1n) is 13.1. The number of nitrogens with zero attached hydrogens (tertiary/aromatic N) is 9. The zero-order valence-corrected chi connectivity index (χ0v) is 22.7. The Morgan fingerprint density at radius 3 is 2.44 bits per heavy atom. The number of tetrazole rings is 1. The number of aromatic amines is 1. The molecule has 0 aliphatic rings. The summed E-state index contributed by atoms with van der Waals surface area (Å²) in [6.07, 6.45) is 2.82. The van der Waals surface area contributed by atoms with Crippen LogP contribution in [0.25, 0.3) is 39.4 Å². The van der Waals surface area contributed by atoms with Crippen LogP contribution < -0.4 is 0 Å². The molecule has 10 heteroatoms. The molecule has 6 aromatic rings. The molecule has 1 N–H and O–H groups in total. The summed E-state index contributed by atoms with van der Waals surface area (Å²) in [6.45, 7) is 11.2. The quantitative estimate of drug-likeness (QED) is 0.308. The number of imidazole rings is 1. The third kappa shape index (κ3) is 4.58. The molecule has 0 amide bonds. The molecule has 0 spiro atoms. The Bertz CT molecular complexity index is 1760. The third-order valence-corrected chi connectivity index (χ3v) is 6.99. The second kappa shape index (κ2) is 9.86. The maximum absolute atomic E-state index is 4.89. The number of pyridine rings is 1. The molecule has 0 fully saturated rings. The molecule has 0 saturated heterocycles. The van der Waals surface area contributed by atoms with E-state index in [0.29, 0.717) is 18.3 Å². The van der Waals surface area contributed by atoms with Gasteiger partial charge in [-0.1, -0.05) is 50.3 Å². The molecule has 0 bridgehead atoms. The average molecular weight is 519 g/mol. The van der Waals surface area contributed by atoms with E-state index >= 15 is 0 Å². The summed E-state index contributed by atoms with van der Waals surface area (Å²) in [5.41, 5.74) is 10.1. The summed E-state index contributed by atoms with van der Waals surface area (Å²) in [6, 6.07) is 16.8. The van der Waals surface area contributed by atoms with E-state index < -0.39 is 0 Å². The van der Waals surface area contributed by atoms with Gasteiger partial charge >= 0.3 is 0 Å². The average Bonchev–Trinajstić information content (AvgIpc) is 3.70. The summed E-state index contributed by atoms with van der Waals surface area (Å²) in [5, 5.41) is 23.3. The van der Waals surface area contributed by atoms with Crippen molar-refractivity contribution in [2.45, 2.75) is 53.5 Å². The normalized spacial score (nSPS) is 11.6. The maximum atomic E-state index is 4.89. The summed E-state index contributed by atoms with van der Waals surface area (Å²) >= 11 is 0. The molecule has 6 rings (SSSR count). The number of hydrogen-bond acceptors (Lipinski definition) is 7. The second-order valence-electron chi connectivity index (χ2n) is 10.1. The number of nitrogens with one attached hydrogen (secondary N) is 1. The molecule has 0 saturated carbocycles. The van der Waals surface area contributed by atoms with Crippen molar-refractivity contribution in [2.75, 3.05) is 0 Å². The Labute approximate surface area is 226 Å². The predicted octanol–water partition coefficient (Wildman–Crippen LogP) is 5.21. The van der Waals surface area contributed by atoms with E-state index in [0.717, 1.165) is 62.7 Å². The van der Waals surface area contributed by atoms with E-state index in [-0.39, 0.29) is 0 Å². The zero-order valence-electron chi connectivity index (χ0n) is 22.7. The van der Waals surface area contributed by atoms with Gasteiger partial charge in [-0.15, -0.1) is 10.2 Å². The minimum absolute atomic E-state index is 0.300. The number of benzene rings is 2. The van der Waals surface area contributed by atoms with Gasteiger partial charge in [-0.3, -0.25) is 0 Å². The van der Waals surface area contributed by atoms with E-state index in [4.69, 9.17) is 9.97 Å². The van der Waals surface area contributed by atoms with Crippen molar-refractivity contribution in [1.29, 1.82) is 0 Å². The fourth-order valence-corrected chi connectivity index (χ4v) is 4.92. The summed E-state index contributed by atoms with van der Waals surface area (Å²) in [4.78, 5) is 9.71. The van der Waals surface area contributed by atoms with Gasteiger partial charge in [0.15, 0.2) is 11.5 Å². The SMILES string of the molecule is CCc1nc2c(C)cc(C)nc2n1Cc1ccc(-c2cc(-n3cc(C(C)C)nn3)ccc2-c2nnn[nH]2)cc1. The van der Waals surface area contributed by atoms with Gasteiger partial charge < -0.3 is 4.57 Å². The molecule has 0 radical (unpaired) electrons. The molecule has 196 valence electrons. The number of fused-ring (bicyclic) bond motifs is 1. The van der Waals surface area contributed by atoms with E-state index in [1.54, 1.807) is 0 Å². The van der Waals surface area contributed by atoms with Crippen molar-refractivity contribution in [2.24, 2.45) is 0 Å². The minimum atomic E-state index is 0.300. The van der Waals surface area contributed by atoms with Crippen LogP contribution in [-0.2, 0) is 13.0 Å². The van der Waals surface area contributed by atoms with Gasteiger partial charge in [-0.25, -0.2) is 19.7 Å². The Hall–Kier alpha value is -4.73. The zero-order chi connectivity index (χ0) is 27.1. The highest BCUT2D eigenvalue weighted by atomic mass is 15.5. The Balaban J connectivity index is 1.38. The Morgan fingerprint density at radius 1 is 0.923 bits per heavy atom. The first kappa shape index (κ1) is 24.6. The number of rotatable bonds is 7. The van der Waals surface area contributed by atoms with Crippen molar-refractivity contribution in [3.63, 3.8) is 0 Å². The Morgan fingerprint density at radius 2 is 1.74 bits per heavy atom. The van der Waals surface area contributed by atoms with Crippen molar-refractivity contribution < 1.29 is 0 Å². The number of aryl methyl sites for hydroxylation is 3. The van der Waals surface area contributed by atoms with Gasteiger partial charge in [-0.05, 0) is 76.7 Å². The lowest BCUT2D eigenvalue weighted by molar-refractivity contribution is 0.745. The van der Waals surface area contributed by atoms with Crippen LogP contribution in [0.15, 0.2) is 54.7 Å². The van der Waals surface area contributed by atoms with Gasteiger partial charge in [0.1, 0.15) is 11.3 Å². The largest absolute Gasteiger partial charge is 0.308 e. The minimum Gasteiger partial charge on any atom is -0.308 e. The van der Waals surface area contributed by atoms with E-state index in [2.05, 4.69) is 99.6 Å². The number of aromatic nitrogens is 10. The van der Waals surface area contributed by atoms with Crippen LogP contribution in [0.4, 0.5) is 0 Å². The standard InChI is InChI=1S/C29H30N10/c1-6-26-31-27-18(4)13-19(5)30-29(27)38(26)15-20-7-9-21(10-8-20)24-14-22(39-16-25(17(2)3)32-37-39)11-12-23(24)28-33-35-36-34-28/h7-14,16-17H,6,15H2,1-5H3,(H,33,34,35,36). The molecular formula is C29H30N10. The molecule has 2 aromatic carbocycles. The molecule has 0 aliphatic heterocycles. The predicted molar refractivity (Wildman–Crippen MR) is 150 cm³/mol. The first-order chi connectivity index (χ1) is 18.9. The molecular weight excluding hydrogens is 488 g/mol. The highest BCUT2D eigenvalue weighted by molar-refractivity contribution is 5.82. The highest BCUT2D eigenvalue weighted by Gasteiger charge is 2.16. The number of H-pyrrole nitrogens is 1. The Kier molecular flexibility index (Phi) is 6.22. The monoisotopic (exact) mass is 518 g/mol. The smallest absolute Gasteiger partial charge is 0.180 e. The lowest BCUT2D eigenvalue weighted by Gasteiger charge is -2.12. The summed E-state index contributed by atoms with van der Waals surface area (Å²) in [5.74, 6) is 1.95. The molecule has 0 atom stereocenters. The molecule has 0 aliphatic carbocycles. The lowest BCUT2D eigenvalue weighted by Crippen LogP contribution is -2.05. The van der Waals surface area contributed by atoms with E-state index in [9.17, 15) is 0 Å². The van der Waals surface area contributed by atoms with Crippen LogP contribution in [0.3, 0.4) is 0 Å². The molecule has 4 heterocycles. The van der Waals surface area contributed by atoms with Crippen LogP contribution in [-0.4, -0.2) is 50.2 Å². The van der Waals surface area contributed by atoms with Crippen LogP contribution in [0.1, 0.15) is 55.0 Å². The second-order valence-corrected chi connectivity index (χ2v) is 10.1. The van der Waals surface area contributed by atoms with Crippen molar-refractivity contribution in [3.8, 4) is 28.2 Å². The summed E-state index contributed by atoms with van der Waals surface area (Å²) < 4.78 is 4.04. The molecule has 10 nitrogen and oxygen atoms in total.